The zero-order valence-corrected chi connectivity index (χ0v) is 14.7. The number of allylic oxidation sites excluding steroid dienone is 2. The summed E-state index contributed by atoms with van der Waals surface area (Å²) in [4.78, 5) is 25.8. The Bertz CT molecular complexity index is 915. The molecule has 0 unspecified atom stereocenters. The third kappa shape index (κ3) is 1.73. The van der Waals surface area contributed by atoms with Crippen molar-refractivity contribution >= 4 is 22.5 Å². The number of aromatic nitrogens is 1. The molecule has 3 heteroatoms. The van der Waals surface area contributed by atoms with Crippen LogP contribution in [0.15, 0.2) is 42.1 Å². The number of Topliss-reactive ketones (excluding diaryl/α,β-unsaturated/α-hetero) is 1. The van der Waals surface area contributed by atoms with Crippen molar-refractivity contribution in [2.24, 2.45) is 23.8 Å². The fourth-order valence-electron chi connectivity index (χ4n) is 4.85. The third-order valence-corrected chi connectivity index (χ3v) is 6.81. The topological polar surface area (TPSA) is 39.1 Å². The molecular weight excluding hydrogens is 298 g/mol. The summed E-state index contributed by atoms with van der Waals surface area (Å²) in [5.74, 6) is 0.327. The van der Waals surface area contributed by atoms with Crippen molar-refractivity contribution in [2.75, 3.05) is 0 Å². The maximum absolute atomic E-state index is 12.9. The molecule has 3 nitrogen and oxygen atoms in total. The van der Waals surface area contributed by atoms with Crippen LogP contribution in [0.25, 0.3) is 10.9 Å². The van der Waals surface area contributed by atoms with Crippen LogP contribution >= 0.6 is 0 Å². The minimum Gasteiger partial charge on any atom is -0.350 e. The molecular formula is C21H23NO2. The molecule has 0 saturated heterocycles. The number of hydrogen-bond acceptors (Lipinski definition) is 2. The lowest BCUT2D eigenvalue weighted by atomic mass is 9.70. The number of aryl methyl sites for hydroxylation is 1. The van der Waals surface area contributed by atoms with Crippen molar-refractivity contribution in [1.82, 2.24) is 4.57 Å². The fourth-order valence-corrected chi connectivity index (χ4v) is 4.85. The molecule has 2 bridgehead atoms. The van der Waals surface area contributed by atoms with Crippen LogP contribution in [0.3, 0.4) is 0 Å². The molecule has 1 aromatic carbocycles. The smallest absolute Gasteiger partial charge is 0.188 e. The standard InChI is InChI=1S/C21H23NO2/c1-20(2)16-9-10-21(20,3)19(24)14(16)11-18(23)15-12-22(4)17-8-6-5-7-13(15)17/h5-8,11-12,16H,9-10H2,1-4H3/b14-11+/t16-,21+/m0/s1. The van der Waals surface area contributed by atoms with Gasteiger partial charge in [0.05, 0.1) is 0 Å². The lowest BCUT2D eigenvalue weighted by Crippen LogP contribution is -2.32. The van der Waals surface area contributed by atoms with Crippen LogP contribution in [-0.2, 0) is 11.8 Å². The third-order valence-electron chi connectivity index (χ3n) is 6.81. The van der Waals surface area contributed by atoms with Gasteiger partial charge < -0.3 is 4.57 Å². The van der Waals surface area contributed by atoms with Crippen molar-refractivity contribution in [1.29, 1.82) is 0 Å². The number of nitrogens with zero attached hydrogens (tertiary/aromatic N) is 1. The first kappa shape index (κ1) is 15.4. The summed E-state index contributed by atoms with van der Waals surface area (Å²) < 4.78 is 1.97. The Hall–Kier alpha value is -2.16. The Balaban J connectivity index is 1.79. The Morgan fingerprint density at radius 2 is 1.96 bits per heavy atom. The number of benzene rings is 1. The fraction of sp³-hybridized carbons (Fsp3) is 0.429. The first-order valence-corrected chi connectivity index (χ1v) is 8.62. The molecule has 0 N–H and O–H groups in total. The monoisotopic (exact) mass is 321 g/mol. The largest absolute Gasteiger partial charge is 0.350 e. The van der Waals surface area contributed by atoms with Gasteiger partial charge in [-0.15, -0.1) is 0 Å². The minimum absolute atomic E-state index is 0.0536. The number of rotatable bonds is 2. The summed E-state index contributed by atoms with van der Waals surface area (Å²) in [7, 11) is 1.94. The van der Waals surface area contributed by atoms with Crippen molar-refractivity contribution in [3.8, 4) is 0 Å². The summed E-state index contributed by atoms with van der Waals surface area (Å²) in [6, 6.07) is 7.89. The molecule has 2 atom stereocenters. The van der Waals surface area contributed by atoms with Gasteiger partial charge in [-0.05, 0) is 36.3 Å². The highest BCUT2D eigenvalue weighted by Crippen LogP contribution is 2.65. The number of carbonyl (C=O) groups is 2. The lowest BCUT2D eigenvalue weighted by molar-refractivity contribution is -0.125. The molecule has 2 saturated carbocycles. The highest BCUT2D eigenvalue weighted by molar-refractivity contribution is 6.17. The van der Waals surface area contributed by atoms with Gasteiger partial charge in [0.25, 0.3) is 0 Å². The number of hydrogen-bond donors (Lipinski definition) is 0. The van der Waals surface area contributed by atoms with E-state index in [0.29, 0.717) is 5.56 Å². The van der Waals surface area contributed by atoms with Gasteiger partial charge in [0, 0.05) is 40.7 Å². The van der Waals surface area contributed by atoms with Gasteiger partial charge in [-0.3, -0.25) is 9.59 Å². The summed E-state index contributed by atoms with van der Waals surface area (Å²) in [5.41, 5.74) is 2.08. The van der Waals surface area contributed by atoms with E-state index in [2.05, 4.69) is 20.8 Å². The quantitative estimate of drug-likeness (QED) is 0.610. The molecule has 2 aromatic rings. The van der Waals surface area contributed by atoms with E-state index < -0.39 is 0 Å². The van der Waals surface area contributed by atoms with Crippen LogP contribution in [0, 0.1) is 16.7 Å². The SMILES string of the molecule is Cn1cc(C(=O)/C=C2/C(=O)[C@@]3(C)CC[C@@H]2C3(C)C)c2ccccc21. The number of para-hydroxylation sites is 1. The Morgan fingerprint density at radius 3 is 2.62 bits per heavy atom. The van der Waals surface area contributed by atoms with E-state index in [4.69, 9.17) is 0 Å². The first-order valence-electron chi connectivity index (χ1n) is 8.62. The molecule has 124 valence electrons. The van der Waals surface area contributed by atoms with Gasteiger partial charge in [-0.1, -0.05) is 39.0 Å². The van der Waals surface area contributed by atoms with Crippen molar-refractivity contribution < 1.29 is 9.59 Å². The summed E-state index contributed by atoms with van der Waals surface area (Å²) in [6.45, 7) is 6.41. The zero-order valence-electron chi connectivity index (χ0n) is 14.7. The van der Waals surface area contributed by atoms with Crippen molar-refractivity contribution in [3.63, 3.8) is 0 Å². The van der Waals surface area contributed by atoms with E-state index in [0.717, 1.165) is 29.3 Å². The highest BCUT2D eigenvalue weighted by Gasteiger charge is 2.64. The lowest BCUT2D eigenvalue weighted by Gasteiger charge is -2.31. The second kappa shape index (κ2) is 4.69. The number of fused-ring (bicyclic) bond motifs is 3. The molecule has 0 spiro atoms. The maximum Gasteiger partial charge on any atom is 0.188 e. The molecule has 4 rings (SSSR count). The van der Waals surface area contributed by atoms with Gasteiger partial charge in [-0.25, -0.2) is 0 Å². The van der Waals surface area contributed by atoms with Crippen LogP contribution in [0.5, 0.6) is 0 Å². The Morgan fingerprint density at radius 1 is 1.25 bits per heavy atom. The molecule has 24 heavy (non-hydrogen) atoms. The van der Waals surface area contributed by atoms with Crippen molar-refractivity contribution in [2.45, 2.75) is 33.6 Å². The second-order valence-corrected chi connectivity index (χ2v) is 8.11. The average molecular weight is 321 g/mol. The summed E-state index contributed by atoms with van der Waals surface area (Å²) in [6.07, 6.45) is 5.43. The van der Waals surface area contributed by atoms with Gasteiger partial charge >= 0.3 is 0 Å². The van der Waals surface area contributed by atoms with Crippen LogP contribution in [-0.4, -0.2) is 16.1 Å². The molecule has 2 aliphatic rings. The average Bonchev–Trinajstić information content (AvgIpc) is 3.05. The second-order valence-electron chi connectivity index (χ2n) is 8.11. The molecule has 0 radical (unpaired) electrons. The van der Waals surface area contributed by atoms with Crippen LogP contribution < -0.4 is 0 Å². The van der Waals surface area contributed by atoms with Crippen LogP contribution in [0.4, 0.5) is 0 Å². The number of ketones is 2. The van der Waals surface area contributed by atoms with E-state index in [9.17, 15) is 9.59 Å². The molecule has 1 heterocycles. The molecule has 1 aromatic heterocycles. The Kier molecular flexibility index (Phi) is 3.00. The van der Waals surface area contributed by atoms with E-state index in [1.54, 1.807) is 6.08 Å². The van der Waals surface area contributed by atoms with Gasteiger partial charge in [-0.2, -0.15) is 0 Å². The first-order chi connectivity index (χ1) is 11.3. The predicted octanol–water partition coefficient (Wildman–Crippen LogP) is 4.31. The van der Waals surface area contributed by atoms with Crippen LogP contribution in [0.2, 0.25) is 0 Å². The molecule has 0 amide bonds. The Labute approximate surface area is 142 Å². The van der Waals surface area contributed by atoms with E-state index in [1.165, 1.54) is 0 Å². The van der Waals surface area contributed by atoms with Gasteiger partial charge in [0.1, 0.15) is 0 Å². The molecule has 2 fully saturated rings. The summed E-state index contributed by atoms with van der Waals surface area (Å²) in [5, 5.41) is 0.947. The van der Waals surface area contributed by atoms with E-state index >= 15 is 0 Å². The van der Waals surface area contributed by atoms with E-state index in [1.807, 2.05) is 42.1 Å². The van der Waals surface area contributed by atoms with Gasteiger partial charge in [0.2, 0.25) is 0 Å². The highest BCUT2D eigenvalue weighted by atomic mass is 16.1. The van der Waals surface area contributed by atoms with Crippen LogP contribution in [0.1, 0.15) is 44.0 Å². The number of carbonyl (C=O) groups excluding carboxylic acids is 2. The normalized spacial score (nSPS) is 29.8. The van der Waals surface area contributed by atoms with Gasteiger partial charge in [0.15, 0.2) is 11.6 Å². The maximum atomic E-state index is 12.9. The van der Waals surface area contributed by atoms with E-state index in [-0.39, 0.29) is 28.3 Å². The molecule has 2 aliphatic carbocycles. The minimum atomic E-state index is -0.317. The molecule has 0 aliphatic heterocycles. The predicted molar refractivity (Wildman–Crippen MR) is 95.0 cm³/mol. The van der Waals surface area contributed by atoms with Crippen molar-refractivity contribution in [3.05, 3.63) is 47.7 Å². The summed E-state index contributed by atoms with van der Waals surface area (Å²) >= 11 is 0. The zero-order chi connectivity index (χ0) is 17.3.